The van der Waals surface area contributed by atoms with E-state index >= 15 is 0 Å². The number of carbonyl (C=O) groups excluding carboxylic acids is 1. The van der Waals surface area contributed by atoms with E-state index in [1.807, 2.05) is 72.1 Å². The highest BCUT2D eigenvalue weighted by molar-refractivity contribution is 7.10. The first-order valence-electron chi connectivity index (χ1n) is 7.67. The molecule has 1 aliphatic rings. The molecule has 0 fully saturated rings. The van der Waals surface area contributed by atoms with Gasteiger partial charge in [0, 0.05) is 10.4 Å². The van der Waals surface area contributed by atoms with E-state index in [1.165, 1.54) is 0 Å². The van der Waals surface area contributed by atoms with E-state index in [0.717, 1.165) is 16.2 Å². The zero-order chi connectivity index (χ0) is 17.1. The topological polar surface area (TPSA) is 47.9 Å². The molecule has 2 heterocycles. The lowest BCUT2D eigenvalue weighted by Gasteiger charge is -2.06. The van der Waals surface area contributed by atoms with Gasteiger partial charge in [-0.15, -0.1) is 11.3 Å². The van der Waals surface area contributed by atoms with Crippen molar-refractivity contribution < 1.29 is 14.3 Å². The minimum Gasteiger partial charge on any atom is -0.457 e. The summed E-state index contributed by atoms with van der Waals surface area (Å²) >= 11 is 1.54. The summed E-state index contributed by atoms with van der Waals surface area (Å²) in [5.74, 6) is 1.34. The van der Waals surface area contributed by atoms with Gasteiger partial charge in [-0.1, -0.05) is 24.3 Å². The molecule has 0 amide bonds. The molecular formula is C20H13NO3S. The van der Waals surface area contributed by atoms with Crippen LogP contribution < -0.4 is 4.74 Å². The number of cyclic esters (lactones) is 1. The number of ether oxygens (including phenoxy) is 2. The third-order valence-corrected chi connectivity index (χ3v) is 4.34. The molecule has 2 aromatic carbocycles. The van der Waals surface area contributed by atoms with Crippen molar-refractivity contribution in [3.8, 4) is 11.5 Å². The predicted octanol–water partition coefficient (Wildman–Crippen LogP) is 4.88. The van der Waals surface area contributed by atoms with Crippen molar-refractivity contribution in [1.29, 1.82) is 0 Å². The van der Waals surface area contributed by atoms with Crippen molar-refractivity contribution in [1.82, 2.24) is 0 Å². The Kier molecular flexibility index (Phi) is 4.14. The van der Waals surface area contributed by atoms with Crippen LogP contribution >= 0.6 is 11.3 Å². The monoisotopic (exact) mass is 347 g/mol. The molecule has 0 bridgehead atoms. The van der Waals surface area contributed by atoms with Crippen LogP contribution in [0.4, 0.5) is 0 Å². The van der Waals surface area contributed by atoms with Crippen LogP contribution in [0.5, 0.6) is 11.5 Å². The van der Waals surface area contributed by atoms with E-state index in [-0.39, 0.29) is 0 Å². The zero-order valence-corrected chi connectivity index (χ0v) is 13.9. The molecule has 0 saturated heterocycles. The average Bonchev–Trinajstić information content (AvgIpc) is 3.27. The molecule has 1 aliphatic heterocycles. The second kappa shape index (κ2) is 6.75. The highest BCUT2D eigenvalue weighted by Gasteiger charge is 2.24. The molecule has 1 aromatic heterocycles. The van der Waals surface area contributed by atoms with E-state index in [2.05, 4.69) is 4.99 Å². The molecule has 4 rings (SSSR count). The SMILES string of the molecule is O=C1OC(c2ccc(Oc3ccccc3)cc2)=N/C1=C\c1cccs1. The second-order valence-corrected chi connectivity index (χ2v) is 6.27. The van der Waals surface area contributed by atoms with E-state index in [9.17, 15) is 4.79 Å². The maximum absolute atomic E-state index is 12.0. The van der Waals surface area contributed by atoms with Gasteiger partial charge in [0.25, 0.3) is 0 Å². The first-order chi connectivity index (χ1) is 12.3. The standard InChI is InChI=1S/C20H13NO3S/c22-20-18(13-17-7-4-12-25-17)21-19(24-20)14-8-10-16(11-9-14)23-15-5-2-1-3-6-15/h1-13H/b18-13-. The lowest BCUT2D eigenvalue weighted by atomic mass is 10.2. The van der Waals surface area contributed by atoms with Gasteiger partial charge >= 0.3 is 5.97 Å². The molecule has 0 unspecified atom stereocenters. The largest absolute Gasteiger partial charge is 0.457 e. The molecule has 5 heteroatoms. The van der Waals surface area contributed by atoms with Crippen LogP contribution in [0.2, 0.25) is 0 Å². The molecule has 0 radical (unpaired) electrons. The summed E-state index contributed by atoms with van der Waals surface area (Å²) in [6, 6.07) is 20.7. The molecule has 25 heavy (non-hydrogen) atoms. The van der Waals surface area contributed by atoms with Gasteiger partial charge in [0.15, 0.2) is 5.70 Å². The summed E-state index contributed by atoms with van der Waals surface area (Å²) < 4.78 is 11.0. The Morgan fingerprint density at radius 2 is 1.68 bits per heavy atom. The molecule has 0 spiro atoms. The number of rotatable bonds is 4. The second-order valence-electron chi connectivity index (χ2n) is 5.29. The Morgan fingerprint density at radius 3 is 2.40 bits per heavy atom. The lowest BCUT2D eigenvalue weighted by molar-refractivity contribution is -0.129. The summed E-state index contributed by atoms with van der Waals surface area (Å²) in [7, 11) is 0. The number of thiophene rings is 1. The predicted molar refractivity (Wildman–Crippen MR) is 97.9 cm³/mol. The fourth-order valence-electron chi connectivity index (χ4n) is 2.33. The number of para-hydroxylation sites is 1. The van der Waals surface area contributed by atoms with Gasteiger partial charge in [0.05, 0.1) is 0 Å². The number of benzene rings is 2. The number of hydrogen-bond acceptors (Lipinski definition) is 5. The van der Waals surface area contributed by atoms with Gasteiger partial charge in [-0.3, -0.25) is 0 Å². The highest BCUT2D eigenvalue weighted by atomic mass is 32.1. The van der Waals surface area contributed by atoms with Crippen LogP contribution in [-0.4, -0.2) is 11.9 Å². The third kappa shape index (κ3) is 3.51. The number of nitrogens with zero attached hydrogens (tertiary/aromatic N) is 1. The lowest BCUT2D eigenvalue weighted by Crippen LogP contribution is -2.05. The first kappa shape index (κ1) is 15.4. The molecule has 0 saturated carbocycles. The first-order valence-corrected chi connectivity index (χ1v) is 8.55. The maximum Gasteiger partial charge on any atom is 0.363 e. The van der Waals surface area contributed by atoms with Crippen molar-refractivity contribution in [2.24, 2.45) is 4.99 Å². The molecule has 122 valence electrons. The van der Waals surface area contributed by atoms with Crippen molar-refractivity contribution in [3.63, 3.8) is 0 Å². The van der Waals surface area contributed by atoms with Gasteiger partial charge in [-0.2, -0.15) is 0 Å². The average molecular weight is 347 g/mol. The fraction of sp³-hybridized carbons (Fsp3) is 0. The molecule has 0 atom stereocenters. The Hall–Kier alpha value is -3.18. The number of aliphatic imine (C=N–C) groups is 1. The molecule has 3 aromatic rings. The summed E-state index contributed by atoms with van der Waals surface area (Å²) in [5.41, 5.74) is 1.03. The highest BCUT2D eigenvalue weighted by Crippen LogP contribution is 2.24. The van der Waals surface area contributed by atoms with Crippen molar-refractivity contribution >= 4 is 29.3 Å². The van der Waals surface area contributed by atoms with Crippen LogP contribution in [0, 0.1) is 0 Å². The summed E-state index contributed by atoms with van der Waals surface area (Å²) in [6.07, 6.45) is 1.73. The molecular weight excluding hydrogens is 334 g/mol. The fourth-order valence-corrected chi connectivity index (χ4v) is 2.98. The van der Waals surface area contributed by atoms with Crippen LogP contribution in [-0.2, 0) is 9.53 Å². The van der Waals surface area contributed by atoms with E-state index in [0.29, 0.717) is 17.3 Å². The summed E-state index contributed by atoms with van der Waals surface area (Å²) in [6.45, 7) is 0. The minimum atomic E-state index is -0.437. The number of carbonyl (C=O) groups is 1. The Balaban J connectivity index is 1.53. The molecule has 0 aliphatic carbocycles. The summed E-state index contributed by atoms with van der Waals surface area (Å²) in [5, 5.41) is 1.95. The van der Waals surface area contributed by atoms with Crippen LogP contribution in [0.25, 0.3) is 6.08 Å². The van der Waals surface area contributed by atoms with E-state index in [1.54, 1.807) is 17.4 Å². The van der Waals surface area contributed by atoms with Gasteiger partial charge in [-0.25, -0.2) is 9.79 Å². The molecule has 0 N–H and O–H groups in total. The minimum absolute atomic E-state index is 0.305. The Morgan fingerprint density at radius 1 is 0.920 bits per heavy atom. The Labute approximate surface area is 148 Å². The quantitative estimate of drug-likeness (QED) is 0.499. The summed E-state index contributed by atoms with van der Waals surface area (Å²) in [4.78, 5) is 17.2. The van der Waals surface area contributed by atoms with Crippen molar-refractivity contribution in [2.45, 2.75) is 0 Å². The van der Waals surface area contributed by atoms with E-state index < -0.39 is 5.97 Å². The molecule has 4 nitrogen and oxygen atoms in total. The van der Waals surface area contributed by atoms with Gasteiger partial charge < -0.3 is 9.47 Å². The van der Waals surface area contributed by atoms with Gasteiger partial charge in [-0.05, 0) is 53.9 Å². The normalized spacial score (nSPS) is 15.1. The van der Waals surface area contributed by atoms with Crippen molar-refractivity contribution in [2.75, 3.05) is 0 Å². The third-order valence-electron chi connectivity index (χ3n) is 3.52. The van der Waals surface area contributed by atoms with Gasteiger partial charge in [0.1, 0.15) is 11.5 Å². The van der Waals surface area contributed by atoms with Crippen LogP contribution in [0.15, 0.2) is 82.8 Å². The van der Waals surface area contributed by atoms with Gasteiger partial charge in [0.2, 0.25) is 5.90 Å². The zero-order valence-electron chi connectivity index (χ0n) is 13.1. The van der Waals surface area contributed by atoms with Crippen LogP contribution in [0.1, 0.15) is 10.4 Å². The van der Waals surface area contributed by atoms with Crippen LogP contribution in [0.3, 0.4) is 0 Å². The smallest absolute Gasteiger partial charge is 0.363 e. The number of hydrogen-bond donors (Lipinski definition) is 0. The van der Waals surface area contributed by atoms with E-state index in [4.69, 9.17) is 9.47 Å². The maximum atomic E-state index is 12.0. The van der Waals surface area contributed by atoms with Crippen molar-refractivity contribution in [3.05, 3.63) is 88.2 Å². The number of esters is 1. The Bertz CT molecular complexity index is 942.